The Morgan fingerprint density at radius 1 is 1.17 bits per heavy atom. The van der Waals surface area contributed by atoms with Crippen LogP contribution in [0.1, 0.15) is 6.42 Å². The minimum atomic E-state index is -5.67. The minimum Gasteiger partial charge on any atom is -0.772 e. The standard InChI is InChI=1S/C4H5F5O2S/c5-3(6,4(7,8)9)1-2-12(10)11/h1-2H2,(H,10,11)/p-1. The molecule has 0 bridgehead atoms. The highest BCUT2D eigenvalue weighted by molar-refractivity contribution is 7.79. The van der Waals surface area contributed by atoms with Gasteiger partial charge in [0, 0.05) is 12.2 Å². The van der Waals surface area contributed by atoms with Gasteiger partial charge >= 0.3 is 12.1 Å². The van der Waals surface area contributed by atoms with Gasteiger partial charge in [-0.25, -0.2) is 0 Å². The van der Waals surface area contributed by atoms with Gasteiger partial charge in [-0.2, -0.15) is 22.0 Å². The summed E-state index contributed by atoms with van der Waals surface area (Å²) in [4.78, 5) is 0. The van der Waals surface area contributed by atoms with Crippen LogP contribution < -0.4 is 0 Å². The normalized spacial score (nSPS) is 16.2. The molecule has 0 fully saturated rings. The van der Waals surface area contributed by atoms with Crippen LogP contribution in [0.3, 0.4) is 0 Å². The fourth-order valence-corrected chi connectivity index (χ4v) is 0.776. The van der Waals surface area contributed by atoms with Crippen LogP contribution in [0, 0.1) is 0 Å². The predicted octanol–water partition coefficient (Wildman–Crippen LogP) is 1.45. The van der Waals surface area contributed by atoms with Crippen LogP contribution in [-0.2, 0) is 11.1 Å². The lowest BCUT2D eigenvalue weighted by molar-refractivity contribution is -0.282. The van der Waals surface area contributed by atoms with E-state index < -0.39 is 35.4 Å². The molecule has 0 spiro atoms. The van der Waals surface area contributed by atoms with E-state index in [2.05, 4.69) is 0 Å². The Labute approximate surface area is 67.0 Å². The third kappa shape index (κ3) is 3.44. The molecule has 0 aromatic heterocycles. The third-order valence-corrected chi connectivity index (χ3v) is 1.53. The molecule has 0 saturated carbocycles. The van der Waals surface area contributed by atoms with Crippen LogP contribution in [0.4, 0.5) is 22.0 Å². The van der Waals surface area contributed by atoms with Gasteiger partial charge in [0.05, 0.1) is 0 Å². The average Bonchev–Trinajstić information content (AvgIpc) is 1.81. The number of halogens is 5. The molecule has 1 unspecified atom stereocenters. The Bertz CT molecular complexity index is 177. The molecular formula is C4H4F5O2S-. The fraction of sp³-hybridized carbons (Fsp3) is 1.00. The van der Waals surface area contributed by atoms with Crippen molar-refractivity contribution in [3.63, 3.8) is 0 Å². The summed E-state index contributed by atoms with van der Waals surface area (Å²) in [5, 5.41) is 0. The van der Waals surface area contributed by atoms with Crippen LogP contribution in [0.15, 0.2) is 0 Å². The Kier molecular flexibility index (Phi) is 3.58. The van der Waals surface area contributed by atoms with Gasteiger partial charge in [0.15, 0.2) is 0 Å². The van der Waals surface area contributed by atoms with E-state index >= 15 is 0 Å². The van der Waals surface area contributed by atoms with Crippen molar-refractivity contribution in [2.75, 3.05) is 5.75 Å². The van der Waals surface area contributed by atoms with E-state index in [9.17, 15) is 30.7 Å². The molecule has 1 atom stereocenters. The first-order valence-electron chi connectivity index (χ1n) is 2.67. The van der Waals surface area contributed by atoms with E-state index in [0.717, 1.165) is 0 Å². The van der Waals surface area contributed by atoms with E-state index in [-0.39, 0.29) is 0 Å². The van der Waals surface area contributed by atoms with Crippen molar-refractivity contribution in [3.8, 4) is 0 Å². The van der Waals surface area contributed by atoms with Crippen LogP contribution in [0.25, 0.3) is 0 Å². The lowest BCUT2D eigenvalue weighted by Gasteiger charge is -2.19. The molecule has 0 rings (SSSR count). The molecule has 0 aromatic rings. The van der Waals surface area contributed by atoms with Gasteiger partial charge in [0.1, 0.15) is 0 Å². The van der Waals surface area contributed by atoms with Gasteiger partial charge in [-0.1, -0.05) is 11.1 Å². The Hall–Kier alpha value is -0.240. The summed E-state index contributed by atoms with van der Waals surface area (Å²) in [6.07, 6.45) is -7.40. The van der Waals surface area contributed by atoms with Crippen molar-refractivity contribution in [2.24, 2.45) is 0 Å². The molecule has 0 aromatic carbocycles. The minimum absolute atomic E-state index is 1.20. The lowest BCUT2D eigenvalue weighted by Crippen LogP contribution is -2.37. The Balaban J connectivity index is 4.14. The smallest absolute Gasteiger partial charge is 0.453 e. The summed E-state index contributed by atoms with van der Waals surface area (Å²) in [6.45, 7) is 0. The molecule has 8 heteroatoms. The zero-order chi connectivity index (χ0) is 9.99. The first kappa shape index (κ1) is 11.8. The summed E-state index contributed by atoms with van der Waals surface area (Å²) in [5.41, 5.74) is 0. The van der Waals surface area contributed by atoms with E-state index in [1.807, 2.05) is 0 Å². The maximum atomic E-state index is 11.9. The average molecular weight is 211 g/mol. The van der Waals surface area contributed by atoms with Gasteiger partial charge in [-0.15, -0.1) is 0 Å². The molecular weight excluding hydrogens is 207 g/mol. The van der Waals surface area contributed by atoms with Crippen molar-refractivity contribution in [3.05, 3.63) is 0 Å². The van der Waals surface area contributed by atoms with Gasteiger partial charge < -0.3 is 4.55 Å². The molecule has 74 valence electrons. The fourth-order valence-electron chi connectivity index (χ4n) is 0.353. The highest BCUT2D eigenvalue weighted by Crippen LogP contribution is 2.37. The van der Waals surface area contributed by atoms with Gasteiger partial charge in [0.2, 0.25) is 0 Å². The molecule has 0 radical (unpaired) electrons. The second-order valence-corrected chi connectivity index (χ2v) is 2.98. The summed E-state index contributed by atoms with van der Waals surface area (Å²) in [6, 6.07) is 0. The Morgan fingerprint density at radius 3 is 1.83 bits per heavy atom. The zero-order valence-electron chi connectivity index (χ0n) is 5.53. The molecule has 0 aliphatic carbocycles. The van der Waals surface area contributed by atoms with E-state index in [4.69, 9.17) is 0 Å². The Morgan fingerprint density at radius 2 is 1.58 bits per heavy atom. The van der Waals surface area contributed by atoms with Gasteiger partial charge in [-0.3, -0.25) is 4.21 Å². The van der Waals surface area contributed by atoms with E-state index in [0.29, 0.717) is 0 Å². The lowest BCUT2D eigenvalue weighted by atomic mass is 10.2. The van der Waals surface area contributed by atoms with Gasteiger partial charge in [0.25, 0.3) is 0 Å². The van der Waals surface area contributed by atoms with Crippen LogP contribution >= 0.6 is 0 Å². The van der Waals surface area contributed by atoms with Crippen molar-refractivity contribution in [1.82, 2.24) is 0 Å². The number of alkyl halides is 5. The number of rotatable bonds is 3. The van der Waals surface area contributed by atoms with E-state index in [1.54, 1.807) is 0 Å². The van der Waals surface area contributed by atoms with Crippen molar-refractivity contribution < 1.29 is 30.7 Å². The molecule has 0 saturated heterocycles. The number of hydrogen-bond acceptors (Lipinski definition) is 2. The second-order valence-electron chi connectivity index (χ2n) is 1.96. The molecule has 12 heavy (non-hydrogen) atoms. The van der Waals surface area contributed by atoms with E-state index in [1.165, 1.54) is 0 Å². The van der Waals surface area contributed by atoms with Crippen LogP contribution in [0.2, 0.25) is 0 Å². The quantitative estimate of drug-likeness (QED) is 0.523. The topological polar surface area (TPSA) is 40.1 Å². The first-order valence-corrected chi connectivity index (χ1v) is 3.91. The number of hydrogen-bond donors (Lipinski definition) is 0. The first-order chi connectivity index (χ1) is 5.17. The van der Waals surface area contributed by atoms with Crippen molar-refractivity contribution in [1.29, 1.82) is 0 Å². The second kappa shape index (κ2) is 3.65. The van der Waals surface area contributed by atoms with Gasteiger partial charge in [-0.05, 0) is 0 Å². The third-order valence-electron chi connectivity index (χ3n) is 0.997. The monoisotopic (exact) mass is 211 g/mol. The SMILES string of the molecule is O=S([O-])CCC(F)(F)C(F)(F)F. The van der Waals surface area contributed by atoms with Crippen molar-refractivity contribution in [2.45, 2.75) is 18.5 Å². The van der Waals surface area contributed by atoms with Crippen molar-refractivity contribution >= 4 is 11.1 Å². The highest BCUT2D eigenvalue weighted by Gasteiger charge is 2.56. The molecule has 0 N–H and O–H groups in total. The predicted molar refractivity (Wildman–Crippen MR) is 29.4 cm³/mol. The van der Waals surface area contributed by atoms with Crippen LogP contribution in [0.5, 0.6) is 0 Å². The summed E-state index contributed by atoms with van der Waals surface area (Å²) >= 11 is -2.88. The molecule has 0 heterocycles. The highest BCUT2D eigenvalue weighted by atomic mass is 32.2. The maximum absolute atomic E-state index is 11.9. The summed E-state index contributed by atoms with van der Waals surface area (Å²) in [5.74, 6) is -6.13. The molecule has 0 aliphatic rings. The van der Waals surface area contributed by atoms with Crippen LogP contribution in [-0.4, -0.2) is 26.6 Å². The summed E-state index contributed by atoms with van der Waals surface area (Å²) < 4.78 is 77.1. The largest absolute Gasteiger partial charge is 0.772 e. The molecule has 2 nitrogen and oxygen atoms in total. The maximum Gasteiger partial charge on any atom is 0.453 e. The molecule has 0 aliphatic heterocycles. The summed E-state index contributed by atoms with van der Waals surface area (Å²) in [7, 11) is 0. The molecule has 0 amide bonds. The zero-order valence-corrected chi connectivity index (χ0v) is 6.35.